The Morgan fingerprint density at radius 2 is 2.00 bits per heavy atom. The van der Waals surface area contributed by atoms with E-state index in [1.165, 1.54) is 0 Å². The summed E-state index contributed by atoms with van der Waals surface area (Å²) in [5.74, 6) is 1.30. The number of hydrogen-bond acceptors (Lipinski definition) is 2. The monoisotopic (exact) mass is 239 g/mol. The fourth-order valence-corrected chi connectivity index (χ4v) is 2.31. The Morgan fingerprint density at radius 1 is 1.41 bits per heavy atom. The predicted molar refractivity (Wildman–Crippen MR) is 70.4 cm³/mol. The van der Waals surface area contributed by atoms with Gasteiger partial charge in [-0.2, -0.15) is 0 Å². The molecule has 17 heavy (non-hydrogen) atoms. The summed E-state index contributed by atoms with van der Waals surface area (Å²) in [6.45, 7) is 12.3. The third-order valence-electron chi connectivity index (χ3n) is 3.65. The molecular formula is C15H27O2. The summed E-state index contributed by atoms with van der Waals surface area (Å²) in [7, 11) is 0. The van der Waals surface area contributed by atoms with Gasteiger partial charge in [0.1, 0.15) is 5.60 Å². The van der Waals surface area contributed by atoms with Crippen LogP contribution >= 0.6 is 0 Å². The summed E-state index contributed by atoms with van der Waals surface area (Å²) >= 11 is 0. The Labute approximate surface area is 106 Å². The molecule has 1 rings (SSSR count). The Morgan fingerprint density at radius 3 is 2.35 bits per heavy atom. The number of ether oxygens (including phenoxy) is 1. The quantitative estimate of drug-likeness (QED) is 0.681. The van der Waals surface area contributed by atoms with Crippen LogP contribution in [0.4, 0.5) is 0 Å². The van der Waals surface area contributed by atoms with Crippen molar-refractivity contribution in [1.29, 1.82) is 0 Å². The highest BCUT2D eigenvalue weighted by Crippen LogP contribution is 2.41. The van der Waals surface area contributed by atoms with Gasteiger partial charge in [0.15, 0.2) is 0 Å². The first-order valence-corrected chi connectivity index (χ1v) is 6.71. The largest absolute Gasteiger partial charge is 0.460 e. The molecule has 1 aliphatic rings. The van der Waals surface area contributed by atoms with E-state index >= 15 is 0 Å². The lowest BCUT2D eigenvalue weighted by atomic mass is 9.69. The minimum absolute atomic E-state index is 0.0385. The topological polar surface area (TPSA) is 26.3 Å². The van der Waals surface area contributed by atoms with Crippen LogP contribution in [0.1, 0.15) is 60.8 Å². The molecule has 0 saturated heterocycles. The van der Waals surface area contributed by atoms with Gasteiger partial charge in [0.2, 0.25) is 0 Å². The maximum atomic E-state index is 12.2. The van der Waals surface area contributed by atoms with E-state index < -0.39 is 0 Å². The average Bonchev–Trinajstić information content (AvgIpc) is 2.15. The van der Waals surface area contributed by atoms with Crippen molar-refractivity contribution in [2.24, 2.45) is 17.3 Å². The molecule has 0 N–H and O–H groups in total. The first-order chi connectivity index (χ1) is 7.64. The van der Waals surface area contributed by atoms with Gasteiger partial charge in [-0.3, -0.25) is 4.79 Å². The lowest BCUT2D eigenvalue weighted by molar-refractivity contribution is -0.168. The van der Waals surface area contributed by atoms with E-state index in [-0.39, 0.29) is 17.0 Å². The summed E-state index contributed by atoms with van der Waals surface area (Å²) in [6.07, 6.45) is 5.22. The number of carbonyl (C=O) groups is 1. The maximum absolute atomic E-state index is 12.2. The van der Waals surface area contributed by atoms with Crippen molar-refractivity contribution in [3.05, 3.63) is 6.42 Å². The highest BCUT2D eigenvalue weighted by molar-refractivity contribution is 5.77. The maximum Gasteiger partial charge on any atom is 0.312 e. The second kappa shape index (κ2) is 4.99. The van der Waals surface area contributed by atoms with Crippen molar-refractivity contribution in [3.63, 3.8) is 0 Å². The normalized spacial score (nSPS) is 30.4. The molecule has 0 bridgehead atoms. The van der Waals surface area contributed by atoms with Crippen LogP contribution in [0.15, 0.2) is 0 Å². The molecule has 99 valence electrons. The van der Waals surface area contributed by atoms with E-state index in [1.54, 1.807) is 0 Å². The molecule has 0 spiro atoms. The van der Waals surface area contributed by atoms with Gasteiger partial charge in [-0.05, 0) is 65.2 Å². The van der Waals surface area contributed by atoms with Gasteiger partial charge in [0.25, 0.3) is 0 Å². The van der Waals surface area contributed by atoms with E-state index in [0.717, 1.165) is 19.3 Å². The fraction of sp³-hybridized carbons (Fsp3) is 0.867. The van der Waals surface area contributed by atoms with Gasteiger partial charge in [-0.15, -0.1) is 0 Å². The van der Waals surface area contributed by atoms with Crippen LogP contribution in [0.2, 0.25) is 0 Å². The second-order valence-corrected chi connectivity index (χ2v) is 6.95. The molecule has 0 aromatic rings. The zero-order valence-electron chi connectivity index (χ0n) is 12.2. The van der Waals surface area contributed by atoms with Crippen molar-refractivity contribution in [1.82, 2.24) is 0 Å². The van der Waals surface area contributed by atoms with Gasteiger partial charge >= 0.3 is 5.97 Å². The molecular weight excluding hydrogens is 212 g/mol. The second-order valence-electron chi connectivity index (χ2n) is 6.95. The van der Waals surface area contributed by atoms with Crippen LogP contribution < -0.4 is 0 Å². The summed E-state index contributed by atoms with van der Waals surface area (Å²) < 4.78 is 5.52. The smallest absolute Gasteiger partial charge is 0.312 e. The van der Waals surface area contributed by atoms with Crippen molar-refractivity contribution in [2.45, 2.75) is 66.4 Å². The predicted octanol–water partition coefficient (Wildman–Crippen LogP) is 3.99. The summed E-state index contributed by atoms with van der Waals surface area (Å²) in [5, 5.41) is 0. The molecule has 2 nitrogen and oxygen atoms in total. The van der Waals surface area contributed by atoms with Gasteiger partial charge in [0, 0.05) is 0 Å². The SMILES string of the molecule is CC(C)C1[CH]CC(C)(C(=O)OC(C)(C)C)CC1. The van der Waals surface area contributed by atoms with Crippen molar-refractivity contribution in [3.8, 4) is 0 Å². The van der Waals surface area contributed by atoms with E-state index in [4.69, 9.17) is 4.74 Å². The number of carbonyl (C=O) groups excluding carboxylic acids is 1. The number of esters is 1. The van der Waals surface area contributed by atoms with Crippen molar-refractivity contribution >= 4 is 5.97 Å². The molecule has 0 aromatic heterocycles. The zero-order valence-corrected chi connectivity index (χ0v) is 12.2. The van der Waals surface area contributed by atoms with Crippen molar-refractivity contribution < 1.29 is 9.53 Å². The molecule has 2 unspecified atom stereocenters. The van der Waals surface area contributed by atoms with Crippen LogP contribution in [-0.2, 0) is 9.53 Å². The zero-order chi connectivity index (χ0) is 13.3. The van der Waals surface area contributed by atoms with Gasteiger partial charge in [0.05, 0.1) is 5.41 Å². The third kappa shape index (κ3) is 4.01. The molecule has 1 saturated carbocycles. The molecule has 1 radical (unpaired) electrons. The fourth-order valence-electron chi connectivity index (χ4n) is 2.31. The summed E-state index contributed by atoms with van der Waals surface area (Å²) in [6, 6.07) is 0. The molecule has 1 aliphatic carbocycles. The van der Waals surface area contributed by atoms with E-state index in [1.807, 2.05) is 27.7 Å². The average molecular weight is 239 g/mol. The Bertz CT molecular complexity index is 265. The first kappa shape index (κ1) is 14.5. The van der Waals surface area contributed by atoms with Crippen LogP contribution in [0.3, 0.4) is 0 Å². The first-order valence-electron chi connectivity index (χ1n) is 6.71. The number of hydrogen-bond donors (Lipinski definition) is 0. The highest BCUT2D eigenvalue weighted by atomic mass is 16.6. The number of rotatable bonds is 2. The molecule has 2 atom stereocenters. The standard InChI is InChI=1S/C15H27O2/c1-11(2)12-7-9-15(6,10-8-12)13(16)17-14(3,4)5/h7,11-12H,8-10H2,1-6H3. The summed E-state index contributed by atoms with van der Waals surface area (Å²) in [5.41, 5.74) is -0.687. The van der Waals surface area contributed by atoms with Gasteiger partial charge < -0.3 is 4.74 Å². The summed E-state index contributed by atoms with van der Waals surface area (Å²) in [4.78, 5) is 12.2. The molecule has 0 aliphatic heterocycles. The molecule has 0 aromatic carbocycles. The van der Waals surface area contributed by atoms with Crippen LogP contribution in [0.5, 0.6) is 0 Å². The van der Waals surface area contributed by atoms with Crippen molar-refractivity contribution in [2.75, 3.05) is 0 Å². The minimum atomic E-state index is -0.380. The van der Waals surface area contributed by atoms with Gasteiger partial charge in [-0.1, -0.05) is 13.8 Å². The highest BCUT2D eigenvalue weighted by Gasteiger charge is 2.40. The van der Waals surface area contributed by atoms with Crippen LogP contribution in [0, 0.1) is 23.7 Å². The van der Waals surface area contributed by atoms with Crippen LogP contribution in [-0.4, -0.2) is 11.6 Å². The minimum Gasteiger partial charge on any atom is -0.460 e. The lowest BCUT2D eigenvalue weighted by Crippen LogP contribution is -2.39. The Kier molecular flexibility index (Phi) is 4.27. The van der Waals surface area contributed by atoms with E-state index in [0.29, 0.717) is 11.8 Å². The van der Waals surface area contributed by atoms with E-state index in [2.05, 4.69) is 20.3 Å². The van der Waals surface area contributed by atoms with Gasteiger partial charge in [-0.25, -0.2) is 0 Å². The molecule has 2 heteroatoms. The molecule has 0 heterocycles. The lowest BCUT2D eigenvalue weighted by Gasteiger charge is -2.38. The molecule has 0 amide bonds. The Balaban J connectivity index is 2.57. The van der Waals surface area contributed by atoms with E-state index in [9.17, 15) is 4.79 Å². The molecule has 1 fully saturated rings. The third-order valence-corrected chi connectivity index (χ3v) is 3.65. The van der Waals surface area contributed by atoms with Crippen LogP contribution in [0.25, 0.3) is 0 Å². The Hall–Kier alpha value is -0.530.